The summed E-state index contributed by atoms with van der Waals surface area (Å²) >= 11 is 1.44. The van der Waals surface area contributed by atoms with E-state index in [1.807, 2.05) is 31.2 Å². The minimum absolute atomic E-state index is 0.118. The quantitative estimate of drug-likeness (QED) is 0.887. The number of cyclic esters (lactones) is 1. The van der Waals surface area contributed by atoms with E-state index in [2.05, 4.69) is 24.1 Å². The molecule has 1 aliphatic rings. The van der Waals surface area contributed by atoms with Gasteiger partial charge in [0.1, 0.15) is 11.5 Å². The second-order valence-electron chi connectivity index (χ2n) is 6.24. The van der Waals surface area contributed by atoms with Crippen LogP contribution in [-0.4, -0.2) is 30.1 Å². The standard InChI is InChI=1S/C18H21N3O3S/c1-11(2)17-20-12(3)15(25-17)16(22)19-10-13-5-4-6-14(9-13)21-7-8-24-18(21)23/h4-6,9,11H,7-8,10H2,1-3H3,(H,19,22). The number of carbonyl (C=O) groups is 2. The number of ether oxygens (including phenoxy) is 1. The Morgan fingerprint density at radius 1 is 1.44 bits per heavy atom. The maximum Gasteiger partial charge on any atom is 0.414 e. The molecule has 1 aromatic heterocycles. The van der Waals surface area contributed by atoms with E-state index >= 15 is 0 Å². The Morgan fingerprint density at radius 3 is 2.88 bits per heavy atom. The van der Waals surface area contributed by atoms with Crippen molar-refractivity contribution in [1.82, 2.24) is 10.3 Å². The number of anilines is 1. The van der Waals surface area contributed by atoms with Crippen molar-refractivity contribution in [2.45, 2.75) is 33.2 Å². The predicted octanol–water partition coefficient (Wildman–Crippen LogP) is 3.46. The number of amides is 2. The lowest BCUT2D eigenvalue weighted by atomic mass is 10.2. The second kappa shape index (κ2) is 7.23. The largest absolute Gasteiger partial charge is 0.447 e. The Morgan fingerprint density at radius 2 is 2.24 bits per heavy atom. The number of aryl methyl sites for hydroxylation is 1. The molecule has 0 saturated carbocycles. The van der Waals surface area contributed by atoms with Gasteiger partial charge >= 0.3 is 6.09 Å². The van der Waals surface area contributed by atoms with Crippen LogP contribution in [0.25, 0.3) is 0 Å². The summed E-state index contributed by atoms with van der Waals surface area (Å²) in [4.78, 5) is 30.8. The van der Waals surface area contributed by atoms with Crippen LogP contribution >= 0.6 is 11.3 Å². The molecule has 1 saturated heterocycles. The molecule has 2 heterocycles. The van der Waals surface area contributed by atoms with Crippen LogP contribution < -0.4 is 10.2 Å². The van der Waals surface area contributed by atoms with Crippen molar-refractivity contribution in [3.8, 4) is 0 Å². The van der Waals surface area contributed by atoms with Crippen LogP contribution in [0.15, 0.2) is 24.3 Å². The fraction of sp³-hybridized carbons (Fsp3) is 0.389. The summed E-state index contributed by atoms with van der Waals surface area (Å²) in [6, 6.07) is 7.55. The van der Waals surface area contributed by atoms with E-state index in [0.29, 0.717) is 30.5 Å². The van der Waals surface area contributed by atoms with Crippen LogP contribution in [0.5, 0.6) is 0 Å². The summed E-state index contributed by atoms with van der Waals surface area (Å²) in [5.74, 6) is 0.190. The first-order valence-electron chi connectivity index (χ1n) is 8.24. The Kier molecular flexibility index (Phi) is 5.03. The predicted molar refractivity (Wildman–Crippen MR) is 97.2 cm³/mol. The number of hydrogen-bond acceptors (Lipinski definition) is 5. The SMILES string of the molecule is Cc1nc(C(C)C)sc1C(=O)NCc1cccc(N2CCOC2=O)c1. The van der Waals surface area contributed by atoms with Crippen LogP contribution in [0.4, 0.5) is 10.5 Å². The number of carbonyl (C=O) groups excluding carboxylic acids is 2. The van der Waals surface area contributed by atoms with Crippen LogP contribution in [0, 0.1) is 6.92 Å². The lowest BCUT2D eigenvalue weighted by Crippen LogP contribution is -2.24. The lowest BCUT2D eigenvalue weighted by molar-refractivity contribution is 0.0954. The first-order chi connectivity index (χ1) is 12.0. The Hall–Kier alpha value is -2.41. The molecule has 3 rings (SSSR count). The maximum atomic E-state index is 12.4. The van der Waals surface area contributed by atoms with E-state index < -0.39 is 0 Å². The van der Waals surface area contributed by atoms with Crippen molar-refractivity contribution in [2.75, 3.05) is 18.1 Å². The molecule has 6 nitrogen and oxygen atoms in total. The van der Waals surface area contributed by atoms with Gasteiger partial charge in [0.15, 0.2) is 0 Å². The van der Waals surface area contributed by atoms with Crippen molar-refractivity contribution in [3.05, 3.63) is 45.4 Å². The van der Waals surface area contributed by atoms with Gasteiger partial charge < -0.3 is 10.1 Å². The molecule has 1 fully saturated rings. The molecule has 1 aromatic carbocycles. The number of rotatable bonds is 5. The molecule has 0 bridgehead atoms. The average Bonchev–Trinajstić information content (AvgIpc) is 3.19. The van der Waals surface area contributed by atoms with Gasteiger partial charge in [0.05, 0.1) is 17.2 Å². The molecule has 0 atom stereocenters. The zero-order chi connectivity index (χ0) is 18.0. The van der Waals surface area contributed by atoms with E-state index in [-0.39, 0.29) is 12.0 Å². The first kappa shape index (κ1) is 17.4. The Bertz CT molecular complexity index is 801. The van der Waals surface area contributed by atoms with Crippen LogP contribution in [0.1, 0.15) is 45.7 Å². The summed E-state index contributed by atoms with van der Waals surface area (Å²) < 4.78 is 4.96. The molecule has 25 heavy (non-hydrogen) atoms. The highest BCUT2D eigenvalue weighted by atomic mass is 32.1. The number of aromatic nitrogens is 1. The summed E-state index contributed by atoms with van der Waals surface area (Å²) in [7, 11) is 0. The molecule has 2 aromatic rings. The Balaban J connectivity index is 1.67. The molecule has 132 valence electrons. The number of thiazole rings is 1. The van der Waals surface area contributed by atoms with Gasteiger partial charge in [-0.25, -0.2) is 9.78 Å². The van der Waals surface area contributed by atoms with E-state index in [9.17, 15) is 9.59 Å². The number of nitrogens with zero attached hydrogens (tertiary/aromatic N) is 2. The number of nitrogens with one attached hydrogen (secondary N) is 1. The summed E-state index contributed by atoms with van der Waals surface area (Å²) in [5.41, 5.74) is 2.47. The van der Waals surface area contributed by atoms with E-state index in [1.165, 1.54) is 11.3 Å². The zero-order valence-corrected chi connectivity index (χ0v) is 15.4. The maximum absolute atomic E-state index is 12.4. The number of benzene rings is 1. The van der Waals surface area contributed by atoms with Gasteiger partial charge in [0.25, 0.3) is 5.91 Å². The molecule has 7 heteroatoms. The second-order valence-corrected chi connectivity index (χ2v) is 7.27. The normalized spacial score (nSPS) is 14.1. The van der Waals surface area contributed by atoms with Crippen LogP contribution in [0.3, 0.4) is 0 Å². The van der Waals surface area contributed by atoms with Gasteiger partial charge in [-0.1, -0.05) is 26.0 Å². The smallest absolute Gasteiger partial charge is 0.414 e. The molecule has 1 aliphatic heterocycles. The number of hydrogen-bond donors (Lipinski definition) is 1. The first-order valence-corrected chi connectivity index (χ1v) is 9.06. The summed E-state index contributed by atoms with van der Waals surface area (Å²) in [5, 5.41) is 3.90. The van der Waals surface area contributed by atoms with E-state index in [0.717, 1.165) is 22.0 Å². The summed E-state index contributed by atoms with van der Waals surface area (Å²) in [6.07, 6.45) is -0.331. The van der Waals surface area contributed by atoms with Crippen molar-refractivity contribution in [2.24, 2.45) is 0 Å². The molecule has 0 spiro atoms. The van der Waals surface area contributed by atoms with Crippen molar-refractivity contribution >= 4 is 29.0 Å². The van der Waals surface area contributed by atoms with Gasteiger partial charge in [0.2, 0.25) is 0 Å². The highest BCUT2D eigenvalue weighted by molar-refractivity contribution is 7.13. The van der Waals surface area contributed by atoms with Gasteiger partial charge in [-0.3, -0.25) is 9.69 Å². The molecular formula is C18H21N3O3S. The average molecular weight is 359 g/mol. The monoisotopic (exact) mass is 359 g/mol. The van der Waals surface area contributed by atoms with Gasteiger partial charge in [-0.15, -0.1) is 11.3 Å². The van der Waals surface area contributed by atoms with E-state index in [1.54, 1.807) is 4.90 Å². The Labute approximate surface area is 150 Å². The third-order valence-corrected chi connectivity index (χ3v) is 5.41. The van der Waals surface area contributed by atoms with Crippen molar-refractivity contribution in [3.63, 3.8) is 0 Å². The van der Waals surface area contributed by atoms with Gasteiger partial charge in [-0.05, 0) is 24.6 Å². The molecule has 0 unspecified atom stereocenters. The van der Waals surface area contributed by atoms with E-state index in [4.69, 9.17) is 4.74 Å². The van der Waals surface area contributed by atoms with Crippen LogP contribution in [-0.2, 0) is 11.3 Å². The van der Waals surface area contributed by atoms with Gasteiger partial charge in [-0.2, -0.15) is 0 Å². The minimum Gasteiger partial charge on any atom is -0.447 e. The summed E-state index contributed by atoms with van der Waals surface area (Å²) in [6.45, 7) is 7.33. The van der Waals surface area contributed by atoms with Gasteiger partial charge in [0, 0.05) is 18.2 Å². The third-order valence-electron chi connectivity index (χ3n) is 3.95. The van der Waals surface area contributed by atoms with Crippen molar-refractivity contribution < 1.29 is 14.3 Å². The van der Waals surface area contributed by atoms with Crippen molar-refractivity contribution in [1.29, 1.82) is 0 Å². The molecule has 2 amide bonds. The highest BCUT2D eigenvalue weighted by Crippen LogP contribution is 2.25. The van der Waals surface area contributed by atoms with Crippen LogP contribution in [0.2, 0.25) is 0 Å². The minimum atomic E-state index is -0.331. The highest BCUT2D eigenvalue weighted by Gasteiger charge is 2.23. The third kappa shape index (κ3) is 3.82. The lowest BCUT2D eigenvalue weighted by Gasteiger charge is -2.14. The molecule has 1 N–H and O–H groups in total. The topological polar surface area (TPSA) is 71.5 Å². The molecular weight excluding hydrogens is 338 g/mol. The zero-order valence-electron chi connectivity index (χ0n) is 14.5. The molecule has 0 aliphatic carbocycles. The fourth-order valence-corrected chi connectivity index (χ4v) is 3.59. The molecule has 0 radical (unpaired) electrons. The fourth-order valence-electron chi connectivity index (χ4n) is 2.60.